The van der Waals surface area contributed by atoms with Gasteiger partial charge >= 0.3 is 5.43 Å². The molecule has 0 aromatic rings. The highest BCUT2D eigenvalue weighted by Gasteiger charge is 2.05. The molecule has 0 unspecified atom stereocenters. The van der Waals surface area contributed by atoms with Crippen molar-refractivity contribution in [2.45, 2.75) is 13.8 Å². The summed E-state index contributed by atoms with van der Waals surface area (Å²) in [4.78, 5) is 12.0. The molecule has 0 aromatic heterocycles. The van der Waals surface area contributed by atoms with Gasteiger partial charge in [-0.15, -0.1) is 0 Å². The van der Waals surface area contributed by atoms with Crippen molar-refractivity contribution in [1.82, 2.24) is 4.90 Å². The van der Waals surface area contributed by atoms with Crippen LogP contribution in [0, 0.1) is 0 Å². The Balaban J connectivity index is 0.000000255. The first-order chi connectivity index (χ1) is 6.70. The first kappa shape index (κ1) is 13.7. The quantitative estimate of drug-likeness (QED) is 0.669. The predicted molar refractivity (Wildman–Crippen MR) is 55.8 cm³/mol. The van der Waals surface area contributed by atoms with Crippen molar-refractivity contribution in [3.05, 3.63) is 0 Å². The highest BCUT2D eigenvalue weighted by Crippen LogP contribution is 1.93. The van der Waals surface area contributed by atoms with E-state index in [4.69, 9.17) is 16.3 Å². The van der Waals surface area contributed by atoms with Crippen molar-refractivity contribution in [2.75, 3.05) is 39.5 Å². The number of morpholine rings is 1. The Labute approximate surface area is 90.1 Å². The highest BCUT2D eigenvalue weighted by molar-refractivity contribution is 6.61. The average Bonchev–Trinajstić information content (AvgIpc) is 2.20. The van der Waals surface area contributed by atoms with Gasteiger partial charge in [0.15, 0.2) is 0 Å². The maximum atomic E-state index is 9.59. The van der Waals surface area contributed by atoms with Crippen LogP contribution in [0.25, 0.3) is 0 Å². The van der Waals surface area contributed by atoms with Crippen molar-refractivity contribution >= 4 is 17.0 Å². The minimum absolute atomic E-state index is 0.350. The SMILES string of the molecule is CCN1CCOCC1.CCOC(=O)Cl. The number of rotatable bonds is 2. The zero-order valence-corrected chi connectivity index (χ0v) is 9.55. The monoisotopic (exact) mass is 223 g/mol. The van der Waals surface area contributed by atoms with Gasteiger partial charge in [-0.2, -0.15) is 0 Å². The third kappa shape index (κ3) is 8.29. The van der Waals surface area contributed by atoms with Crippen LogP contribution in [-0.4, -0.2) is 49.8 Å². The minimum Gasteiger partial charge on any atom is -0.454 e. The number of carbonyl (C=O) groups excluding carboxylic acids is 1. The number of hydrogen-bond acceptors (Lipinski definition) is 4. The van der Waals surface area contributed by atoms with Crippen molar-refractivity contribution in [2.24, 2.45) is 0 Å². The van der Waals surface area contributed by atoms with E-state index in [0.29, 0.717) is 6.61 Å². The molecule has 1 heterocycles. The molecule has 0 bridgehead atoms. The topological polar surface area (TPSA) is 38.8 Å². The maximum Gasteiger partial charge on any atom is 0.403 e. The Bertz CT molecular complexity index is 149. The van der Waals surface area contributed by atoms with E-state index in [9.17, 15) is 4.79 Å². The molecule has 1 fully saturated rings. The zero-order chi connectivity index (χ0) is 10.8. The van der Waals surface area contributed by atoms with E-state index in [1.807, 2.05) is 0 Å². The van der Waals surface area contributed by atoms with Gasteiger partial charge in [0.1, 0.15) is 0 Å². The molecule has 0 saturated carbocycles. The van der Waals surface area contributed by atoms with Gasteiger partial charge in [0.2, 0.25) is 0 Å². The van der Waals surface area contributed by atoms with E-state index in [0.717, 1.165) is 26.3 Å². The van der Waals surface area contributed by atoms with Crippen LogP contribution in [-0.2, 0) is 9.47 Å². The molecular formula is C9H18ClNO3. The fourth-order valence-corrected chi connectivity index (χ4v) is 1.14. The van der Waals surface area contributed by atoms with Crippen molar-refractivity contribution in [3.8, 4) is 0 Å². The lowest BCUT2D eigenvalue weighted by Gasteiger charge is -2.24. The Kier molecular flexibility index (Phi) is 9.03. The second-order valence-electron chi connectivity index (χ2n) is 2.72. The predicted octanol–water partition coefficient (Wildman–Crippen LogP) is 1.72. The van der Waals surface area contributed by atoms with Gasteiger partial charge in [-0.05, 0) is 13.5 Å². The summed E-state index contributed by atoms with van der Waals surface area (Å²) in [6.45, 7) is 9.49. The zero-order valence-electron chi connectivity index (χ0n) is 8.79. The van der Waals surface area contributed by atoms with Crippen molar-refractivity contribution in [3.63, 3.8) is 0 Å². The van der Waals surface area contributed by atoms with Gasteiger partial charge in [0.25, 0.3) is 0 Å². The summed E-state index contributed by atoms with van der Waals surface area (Å²) < 4.78 is 9.33. The summed E-state index contributed by atoms with van der Waals surface area (Å²) in [5, 5.41) is 0. The van der Waals surface area contributed by atoms with Crippen molar-refractivity contribution < 1.29 is 14.3 Å². The summed E-state index contributed by atoms with van der Waals surface area (Å²) in [6, 6.07) is 0. The molecular weight excluding hydrogens is 206 g/mol. The molecule has 0 atom stereocenters. The number of carbonyl (C=O) groups is 1. The van der Waals surface area contributed by atoms with E-state index in [2.05, 4.69) is 16.6 Å². The first-order valence-corrected chi connectivity index (χ1v) is 5.20. The van der Waals surface area contributed by atoms with Crippen LogP contribution in [0.15, 0.2) is 0 Å². The van der Waals surface area contributed by atoms with Crippen LogP contribution in [0.2, 0.25) is 0 Å². The Morgan fingerprint density at radius 1 is 1.43 bits per heavy atom. The fourth-order valence-electron chi connectivity index (χ4n) is 1.03. The summed E-state index contributed by atoms with van der Waals surface area (Å²) in [5.41, 5.74) is -0.738. The van der Waals surface area contributed by atoms with Gasteiger partial charge in [0.05, 0.1) is 19.8 Å². The first-order valence-electron chi connectivity index (χ1n) is 4.83. The van der Waals surface area contributed by atoms with Crippen LogP contribution < -0.4 is 0 Å². The molecule has 0 radical (unpaired) electrons. The van der Waals surface area contributed by atoms with Crippen LogP contribution in [0.3, 0.4) is 0 Å². The van der Waals surface area contributed by atoms with Crippen LogP contribution >= 0.6 is 11.6 Å². The molecule has 5 heteroatoms. The van der Waals surface area contributed by atoms with Crippen molar-refractivity contribution in [1.29, 1.82) is 0 Å². The maximum absolute atomic E-state index is 9.59. The summed E-state index contributed by atoms with van der Waals surface area (Å²) in [7, 11) is 0. The van der Waals surface area contributed by atoms with Gasteiger partial charge in [-0.3, -0.25) is 4.90 Å². The molecule has 4 nitrogen and oxygen atoms in total. The van der Waals surface area contributed by atoms with E-state index in [1.54, 1.807) is 6.92 Å². The largest absolute Gasteiger partial charge is 0.454 e. The number of likely N-dealkylation sites (N-methyl/N-ethyl adjacent to an activating group) is 1. The normalized spacial score (nSPS) is 16.8. The molecule has 1 aliphatic rings. The average molecular weight is 224 g/mol. The molecule has 0 aliphatic carbocycles. The molecule has 0 amide bonds. The lowest BCUT2D eigenvalue weighted by atomic mass is 10.4. The fraction of sp³-hybridized carbons (Fsp3) is 0.889. The van der Waals surface area contributed by atoms with E-state index < -0.39 is 5.43 Å². The van der Waals surface area contributed by atoms with Gasteiger partial charge in [0, 0.05) is 24.7 Å². The standard InChI is InChI=1S/C6H13NO.C3H5ClO2/c1-2-7-3-5-8-6-4-7;1-2-6-3(4)5/h2-6H2,1H3;2H2,1H3. The van der Waals surface area contributed by atoms with Gasteiger partial charge in [-0.1, -0.05) is 6.92 Å². The smallest absolute Gasteiger partial charge is 0.403 e. The molecule has 0 N–H and O–H groups in total. The lowest BCUT2D eigenvalue weighted by Crippen LogP contribution is -2.35. The summed E-state index contributed by atoms with van der Waals surface area (Å²) in [5.74, 6) is 0. The summed E-state index contributed by atoms with van der Waals surface area (Å²) >= 11 is 4.72. The number of ether oxygens (including phenoxy) is 2. The van der Waals surface area contributed by atoms with Gasteiger partial charge < -0.3 is 9.47 Å². The lowest BCUT2D eigenvalue weighted by molar-refractivity contribution is 0.0405. The third-order valence-electron chi connectivity index (χ3n) is 1.81. The second-order valence-corrected chi connectivity index (χ2v) is 3.03. The Morgan fingerprint density at radius 3 is 2.21 bits per heavy atom. The van der Waals surface area contributed by atoms with Crippen LogP contribution in [0.1, 0.15) is 13.8 Å². The van der Waals surface area contributed by atoms with E-state index in [1.165, 1.54) is 6.54 Å². The molecule has 14 heavy (non-hydrogen) atoms. The molecule has 1 aliphatic heterocycles. The summed E-state index contributed by atoms with van der Waals surface area (Å²) in [6.07, 6.45) is 0. The second kappa shape index (κ2) is 9.24. The number of nitrogens with zero attached hydrogens (tertiary/aromatic N) is 1. The van der Waals surface area contributed by atoms with E-state index >= 15 is 0 Å². The van der Waals surface area contributed by atoms with Crippen LogP contribution in [0.4, 0.5) is 4.79 Å². The van der Waals surface area contributed by atoms with Crippen LogP contribution in [0.5, 0.6) is 0 Å². The Hall–Kier alpha value is -0.320. The number of halogens is 1. The molecule has 0 spiro atoms. The van der Waals surface area contributed by atoms with Gasteiger partial charge in [-0.25, -0.2) is 4.79 Å². The molecule has 0 aromatic carbocycles. The Morgan fingerprint density at radius 2 is 2.00 bits per heavy atom. The molecule has 84 valence electrons. The highest BCUT2D eigenvalue weighted by atomic mass is 35.5. The minimum atomic E-state index is -0.738. The number of hydrogen-bond donors (Lipinski definition) is 0. The third-order valence-corrected chi connectivity index (χ3v) is 1.92. The molecule has 1 saturated heterocycles. The molecule has 1 rings (SSSR count). The van der Waals surface area contributed by atoms with E-state index in [-0.39, 0.29) is 0 Å².